The van der Waals surface area contributed by atoms with E-state index in [1.807, 2.05) is 18.2 Å². The summed E-state index contributed by atoms with van der Waals surface area (Å²) in [4.78, 5) is 14.5. The molecule has 0 aliphatic carbocycles. The summed E-state index contributed by atoms with van der Waals surface area (Å²) in [5.41, 5.74) is 0.750. The molecule has 0 radical (unpaired) electrons. The van der Waals surface area contributed by atoms with Crippen molar-refractivity contribution in [2.75, 3.05) is 31.7 Å². The highest BCUT2D eigenvalue weighted by atomic mass is 16.7. The summed E-state index contributed by atoms with van der Waals surface area (Å²) in [6, 6.07) is 5.47. The van der Waals surface area contributed by atoms with Crippen LogP contribution in [-0.2, 0) is 4.79 Å². The number of carbonyl (C=O) groups is 1. The molecule has 1 aliphatic rings. The Kier molecular flexibility index (Phi) is 6.52. The van der Waals surface area contributed by atoms with Crippen LogP contribution in [0.15, 0.2) is 18.2 Å². The van der Waals surface area contributed by atoms with Crippen LogP contribution in [0, 0.1) is 0 Å². The predicted octanol–water partition coefficient (Wildman–Crippen LogP) is 3.26. The van der Waals surface area contributed by atoms with Crippen LogP contribution in [0.4, 0.5) is 5.69 Å². The number of unbranched alkanes of at least 4 members (excludes halogenated alkanes) is 2. The van der Waals surface area contributed by atoms with Gasteiger partial charge in [0.15, 0.2) is 11.5 Å². The normalized spacial score (nSPS) is 12.7. The first-order valence-electron chi connectivity index (χ1n) is 8.14. The zero-order chi connectivity index (χ0) is 15.8. The summed E-state index contributed by atoms with van der Waals surface area (Å²) in [7, 11) is 0. The summed E-state index contributed by atoms with van der Waals surface area (Å²) in [5, 5.41) is 2.94. The fourth-order valence-electron chi connectivity index (χ4n) is 2.41. The molecule has 2 rings (SSSR count). The first-order valence-corrected chi connectivity index (χ1v) is 8.14. The Hall–Kier alpha value is -1.75. The van der Waals surface area contributed by atoms with Crippen LogP contribution in [0.2, 0.25) is 0 Å². The number of nitrogens with one attached hydrogen (secondary N) is 1. The van der Waals surface area contributed by atoms with Crippen LogP contribution >= 0.6 is 0 Å². The van der Waals surface area contributed by atoms with Gasteiger partial charge in [-0.05, 0) is 38.1 Å². The van der Waals surface area contributed by atoms with E-state index in [0.29, 0.717) is 12.3 Å². The largest absolute Gasteiger partial charge is 0.454 e. The first kappa shape index (κ1) is 16.6. The number of carbonyl (C=O) groups excluding carboxylic acids is 1. The monoisotopic (exact) mass is 306 g/mol. The molecule has 1 amide bonds. The summed E-state index contributed by atoms with van der Waals surface area (Å²) in [6.07, 6.45) is 4.54. The van der Waals surface area contributed by atoms with E-state index in [1.54, 1.807) is 0 Å². The second kappa shape index (κ2) is 8.63. The van der Waals surface area contributed by atoms with Gasteiger partial charge < -0.3 is 14.8 Å². The van der Waals surface area contributed by atoms with Gasteiger partial charge in [-0.3, -0.25) is 9.69 Å². The standard InChI is InChI=1S/C17H26N2O3/c1-3-5-9-19(10-6-4-2)12-17(20)18-14-7-8-15-16(11-14)22-13-21-15/h7-8,11H,3-6,9-10,12-13H2,1-2H3,(H,18,20). The fraction of sp³-hybridized carbons (Fsp3) is 0.588. The highest BCUT2D eigenvalue weighted by molar-refractivity contribution is 5.92. The number of fused-ring (bicyclic) bond motifs is 1. The van der Waals surface area contributed by atoms with Crippen molar-refractivity contribution in [2.45, 2.75) is 39.5 Å². The third-order valence-electron chi connectivity index (χ3n) is 3.68. The molecule has 0 fully saturated rings. The topological polar surface area (TPSA) is 50.8 Å². The van der Waals surface area contributed by atoms with Gasteiger partial charge in [0.05, 0.1) is 6.54 Å². The van der Waals surface area contributed by atoms with Crippen molar-refractivity contribution in [2.24, 2.45) is 0 Å². The third-order valence-corrected chi connectivity index (χ3v) is 3.68. The van der Waals surface area contributed by atoms with Crippen LogP contribution in [-0.4, -0.2) is 37.2 Å². The zero-order valence-electron chi connectivity index (χ0n) is 13.6. The number of benzene rings is 1. The number of nitrogens with zero attached hydrogens (tertiary/aromatic N) is 1. The van der Waals surface area contributed by atoms with Crippen LogP contribution in [0.1, 0.15) is 39.5 Å². The van der Waals surface area contributed by atoms with Gasteiger partial charge in [-0.1, -0.05) is 26.7 Å². The quantitative estimate of drug-likeness (QED) is 0.761. The summed E-state index contributed by atoms with van der Waals surface area (Å²) >= 11 is 0. The molecule has 0 spiro atoms. The molecule has 0 aromatic heterocycles. The number of amides is 1. The Morgan fingerprint density at radius 2 is 1.82 bits per heavy atom. The van der Waals surface area contributed by atoms with Crippen LogP contribution in [0.3, 0.4) is 0 Å². The van der Waals surface area contributed by atoms with E-state index in [4.69, 9.17) is 9.47 Å². The maximum Gasteiger partial charge on any atom is 0.238 e. The van der Waals surface area contributed by atoms with Gasteiger partial charge in [-0.2, -0.15) is 0 Å². The Labute approximate surface area is 132 Å². The minimum atomic E-state index is 0.0195. The van der Waals surface area contributed by atoms with E-state index in [1.165, 1.54) is 0 Å². The van der Waals surface area contributed by atoms with E-state index in [0.717, 1.165) is 50.2 Å². The lowest BCUT2D eigenvalue weighted by atomic mass is 10.2. The van der Waals surface area contributed by atoms with Gasteiger partial charge >= 0.3 is 0 Å². The number of ether oxygens (including phenoxy) is 2. The minimum absolute atomic E-state index is 0.0195. The number of hydrogen-bond acceptors (Lipinski definition) is 4. The Balaban J connectivity index is 1.86. The van der Waals surface area contributed by atoms with Crippen molar-refractivity contribution in [3.8, 4) is 11.5 Å². The molecule has 0 saturated heterocycles. The summed E-state index contributed by atoms with van der Waals surface area (Å²) in [5.74, 6) is 1.43. The molecular formula is C17H26N2O3. The molecular weight excluding hydrogens is 280 g/mol. The van der Waals surface area contributed by atoms with Gasteiger partial charge in [-0.25, -0.2) is 0 Å². The highest BCUT2D eigenvalue weighted by Crippen LogP contribution is 2.34. The lowest BCUT2D eigenvalue weighted by Crippen LogP contribution is -2.34. The van der Waals surface area contributed by atoms with E-state index in [2.05, 4.69) is 24.1 Å². The average Bonchev–Trinajstić information content (AvgIpc) is 2.97. The van der Waals surface area contributed by atoms with Crippen LogP contribution in [0.25, 0.3) is 0 Å². The van der Waals surface area contributed by atoms with E-state index < -0.39 is 0 Å². The molecule has 0 bridgehead atoms. The van der Waals surface area contributed by atoms with Gasteiger partial charge in [-0.15, -0.1) is 0 Å². The van der Waals surface area contributed by atoms with Crippen molar-refractivity contribution < 1.29 is 14.3 Å². The second-order valence-corrected chi connectivity index (χ2v) is 5.60. The van der Waals surface area contributed by atoms with Crippen LogP contribution in [0.5, 0.6) is 11.5 Å². The van der Waals surface area contributed by atoms with Crippen molar-refractivity contribution in [3.63, 3.8) is 0 Å². The SMILES string of the molecule is CCCCN(CCCC)CC(=O)Nc1ccc2c(c1)OCO2. The molecule has 1 aromatic rings. The molecule has 0 atom stereocenters. The minimum Gasteiger partial charge on any atom is -0.454 e. The van der Waals surface area contributed by atoms with E-state index in [9.17, 15) is 4.79 Å². The zero-order valence-corrected chi connectivity index (χ0v) is 13.6. The molecule has 0 saturated carbocycles. The molecule has 5 heteroatoms. The lowest BCUT2D eigenvalue weighted by Gasteiger charge is -2.21. The maximum absolute atomic E-state index is 12.2. The molecule has 22 heavy (non-hydrogen) atoms. The first-order chi connectivity index (χ1) is 10.7. The predicted molar refractivity (Wildman–Crippen MR) is 87.5 cm³/mol. The van der Waals surface area contributed by atoms with E-state index in [-0.39, 0.29) is 12.7 Å². The van der Waals surface area contributed by atoms with Gasteiger partial charge in [0.1, 0.15) is 0 Å². The Morgan fingerprint density at radius 1 is 1.14 bits per heavy atom. The van der Waals surface area contributed by atoms with Gasteiger partial charge in [0.25, 0.3) is 0 Å². The second-order valence-electron chi connectivity index (χ2n) is 5.60. The molecule has 1 heterocycles. The molecule has 0 unspecified atom stereocenters. The number of rotatable bonds is 9. The van der Waals surface area contributed by atoms with Crippen molar-refractivity contribution in [1.82, 2.24) is 4.90 Å². The molecule has 122 valence electrons. The molecule has 1 N–H and O–H groups in total. The number of anilines is 1. The van der Waals surface area contributed by atoms with Gasteiger partial charge in [0.2, 0.25) is 12.7 Å². The summed E-state index contributed by atoms with van der Waals surface area (Å²) < 4.78 is 10.6. The van der Waals surface area contributed by atoms with Crippen LogP contribution < -0.4 is 14.8 Å². The smallest absolute Gasteiger partial charge is 0.238 e. The lowest BCUT2D eigenvalue weighted by molar-refractivity contribution is -0.117. The van der Waals surface area contributed by atoms with Gasteiger partial charge in [0, 0.05) is 11.8 Å². The highest BCUT2D eigenvalue weighted by Gasteiger charge is 2.15. The molecule has 1 aliphatic heterocycles. The Bertz CT molecular complexity index is 483. The van der Waals surface area contributed by atoms with E-state index >= 15 is 0 Å². The van der Waals surface area contributed by atoms with Crippen molar-refractivity contribution in [1.29, 1.82) is 0 Å². The van der Waals surface area contributed by atoms with Crippen molar-refractivity contribution >= 4 is 11.6 Å². The third kappa shape index (κ3) is 4.91. The van der Waals surface area contributed by atoms with Crippen molar-refractivity contribution in [3.05, 3.63) is 18.2 Å². The fourth-order valence-corrected chi connectivity index (χ4v) is 2.41. The summed E-state index contributed by atoms with van der Waals surface area (Å²) in [6.45, 7) is 6.98. The molecule has 1 aromatic carbocycles. The average molecular weight is 306 g/mol. The maximum atomic E-state index is 12.2. The Morgan fingerprint density at radius 3 is 2.50 bits per heavy atom. The molecule has 5 nitrogen and oxygen atoms in total. The number of hydrogen-bond donors (Lipinski definition) is 1.